The molecule has 1 heterocycles. The SMILES string of the molecule is CCc1ccc(N=c2scc(-c3cccc([N+](=O)[O-])c3)n2C2CCCC2)cc1. The molecule has 0 spiro atoms. The summed E-state index contributed by atoms with van der Waals surface area (Å²) in [5.74, 6) is 0. The molecule has 1 aliphatic rings. The zero-order valence-electron chi connectivity index (χ0n) is 15.9. The van der Waals surface area contributed by atoms with Gasteiger partial charge in [-0.1, -0.05) is 44.0 Å². The van der Waals surface area contributed by atoms with Crippen molar-refractivity contribution in [2.75, 3.05) is 0 Å². The molecule has 0 bridgehead atoms. The molecule has 6 heteroatoms. The highest BCUT2D eigenvalue weighted by Gasteiger charge is 2.22. The highest BCUT2D eigenvalue weighted by molar-refractivity contribution is 7.07. The topological polar surface area (TPSA) is 60.4 Å². The Morgan fingerprint density at radius 1 is 1.18 bits per heavy atom. The monoisotopic (exact) mass is 393 g/mol. The molecule has 0 unspecified atom stereocenters. The van der Waals surface area contributed by atoms with E-state index in [4.69, 9.17) is 4.99 Å². The third-order valence-corrected chi connectivity index (χ3v) is 6.19. The van der Waals surface area contributed by atoms with Crippen LogP contribution in [0, 0.1) is 10.1 Å². The zero-order valence-corrected chi connectivity index (χ0v) is 16.7. The van der Waals surface area contributed by atoms with Crippen LogP contribution in [-0.4, -0.2) is 9.49 Å². The summed E-state index contributed by atoms with van der Waals surface area (Å²) in [6.07, 6.45) is 5.69. The van der Waals surface area contributed by atoms with Crippen LogP contribution in [0.3, 0.4) is 0 Å². The molecule has 28 heavy (non-hydrogen) atoms. The Labute approximate surface area is 168 Å². The summed E-state index contributed by atoms with van der Waals surface area (Å²) in [5.41, 5.74) is 4.25. The second-order valence-electron chi connectivity index (χ2n) is 7.15. The van der Waals surface area contributed by atoms with Crippen molar-refractivity contribution in [2.45, 2.75) is 45.1 Å². The number of nitrogens with zero attached hydrogens (tertiary/aromatic N) is 3. The van der Waals surface area contributed by atoms with Gasteiger partial charge in [-0.25, -0.2) is 4.99 Å². The molecule has 1 aliphatic carbocycles. The van der Waals surface area contributed by atoms with Gasteiger partial charge in [0.2, 0.25) is 0 Å². The minimum absolute atomic E-state index is 0.121. The fourth-order valence-electron chi connectivity index (χ4n) is 3.82. The first-order valence-electron chi connectivity index (χ1n) is 9.74. The standard InChI is InChI=1S/C22H23N3O2S/c1-2-16-10-12-18(13-11-16)23-22-24(19-7-3-4-8-19)21(15-28-22)17-6-5-9-20(14-17)25(26)27/h5-6,9-15,19H,2-4,7-8H2,1H3. The van der Waals surface area contributed by atoms with Crippen molar-refractivity contribution in [3.05, 3.63) is 74.4 Å². The second kappa shape index (κ2) is 8.10. The Bertz CT molecular complexity index is 1040. The number of aromatic nitrogens is 1. The lowest BCUT2D eigenvalue weighted by molar-refractivity contribution is -0.384. The van der Waals surface area contributed by atoms with Crippen molar-refractivity contribution >= 4 is 22.7 Å². The highest BCUT2D eigenvalue weighted by Crippen LogP contribution is 2.34. The van der Waals surface area contributed by atoms with Gasteiger partial charge in [0.1, 0.15) is 0 Å². The minimum atomic E-state index is -0.337. The second-order valence-corrected chi connectivity index (χ2v) is 7.99. The number of benzene rings is 2. The van der Waals surface area contributed by atoms with Crippen LogP contribution in [0.25, 0.3) is 11.3 Å². The maximum Gasteiger partial charge on any atom is 0.270 e. The van der Waals surface area contributed by atoms with Crippen molar-refractivity contribution in [3.8, 4) is 11.3 Å². The lowest BCUT2D eigenvalue weighted by Crippen LogP contribution is -2.19. The number of thiazole rings is 1. The molecule has 1 saturated carbocycles. The lowest BCUT2D eigenvalue weighted by atomic mass is 10.1. The van der Waals surface area contributed by atoms with E-state index in [1.54, 1.807) is 23.5 Å². The fourth-order valence-corrected chi connectivity index (χ4v) is 4.81. The van der Waals surface area contributed by atoms with Crippen molar-refractivity contribution in [1.82, 2.24) is 4.57 Å². The molecule has 0 atom stereocenters. The van der Waals surface area contributed by atoms with Gasteiger partial charge in [0.25, 0.3) is 5.69 Å². The molecular weight excluding hydrogens is 370 g/mol. The van der Waals surface area contributed by atoms with Crippen LogP contribution >= 0.6 is 11.3 Å². The molecule has 0 saturated heterocycles. The van der Waals surface area contributed by atoms with Gasteiger partial charge >= 0.3 is 0 Å². The van der Waals surface area contributed by atoms with E-state index in [0.717, 1.165) is 41.0 Å². The normalized spacial score (nSPS) is 15.2. The predicted octanol–water partition coefficient (Wildman–Crippen LogP) is 6.03. The van der Waals surface area contributed by atoms with Gasteiger partial charge in [0, 0.05) is 29.1 Å². The van der Waals surface area contributed by atoms with Gasteiger partial charge in [-0.15, -0.1) is 11.3 Å². The number of aryl methyl sites for hydroxylation is 1. The van der Waals surface area contributed by atoms with Crippen LogP contribution in [0.1, 0.15) is 44.2 Å². The van der Waals surface area contributed by atoms with E-state index in [-0.39, 0.29) is 10.6 Å². The van der Waals surface area contributed by atoms with Gasteiger partial charge in [-0.3, -0.25) is 10.1 Å². The van der Waals surface area contributed by atoms with Gasteiger partial charge in [-0.05, 0) is 37.0 Å². The molecule has 144 valence electrons. The average molecular weight is 394 g/mol. The van der Waals surface area contributed by atoms with Crippen molar-refractivity contribution in [1.29, 1.82) is 0 Å². The molecule has 0 amide bonds. The summed E-state index contributed by atoms with van der Waals surface area (Å²) in [6, 6.07) is 15.7. The van der Waals surface area contributed by atoms with E-state index in [9.17, 15) is 10.1 Å². The van der Waals surface area contributed by atoms with E-state index in [1.807, 2.05) is 6.07 Å². The maximum absolute atomic E-state index is 11.2. The van der Waals surface area contributed by atoms with Crippen LogP contribution < -0.4 is 4.80 Å². The summed E-state index contributed by atoms with van der Waals surface area (Å²) in [5, 5.41) is 13.3. The summed E-state index contributed by atoms with van der Waals surface area (Å²) in [4.78, 5) is 16.7. The van der Waals surface area contributed by atoms with Crippen molar-refractivity contribution in [2.24, 2.45) is 4.99 Å². The molecule has 0 N–H and O–H groups in total. The Balaban J connectivity index is 1.83. The Morgan fingerprint density at radius 3 is 2.61 bits per heavy atom. The summed E-state index contributed by atoms with van der Waals surface area (Å²) >= 11 is 1.60. The maximum atomic E-state index is 11.2. The predicted molar refractivity (Wildman–Crippen MR) is 113 cm³/mol. The molecular formula is C22H23N3O2S. The Kier molecular flexibility index (Phi) is 5.39. The first-order valence-corrected chi connectivity index (χ1v) is 10.6. The lowest BCUT2D eigenvalue weighted by Gasteiger charge is -2.16. The zero-order chi connectivity index (χ0) is 19.5. The van der Waals surface area contributed by atoms with Crippen molar-refractivity contribution < 1.29 is 4.92 Å². The first kappa shape index (κ1) is 18.6. The van der Waals surface area contributed by atoms with E-state index in [0.29, 0.717) is 6.04 Å². The summed E-state index contributed by atoms with van der Waals surface area (Å²) in [7, 11) is 0. The number of non-ortho nitro benzene ring substituents is 1. The van der Waals surface area contributed by atoms with E-state index in [2.05, 4.69) is 41.1 Å². The van der Waals surface area contributed by atoms with Crippen molar-refractivity contribution in [3.63, 3.8) is 0 Å². The van der Waals surface area contributed by atoms with Crippen LogP contribution in [-0.2, 0) is 6.42 Å². The molecule has 2 aromatic carbocycles. The largest absolute Gasteiger partial charge is 0.313 e. The third-order valence-electron chi connectivity index (χ3n) is 5.35. The van der Waals surface area contributed by atoms with Crippen LogP contribution in [0.4, 0.5) is 11.4 Å². The van der Waals surface area contributed by atoms with Crippen LogP contribution in [0.5, 0.6) is 0 Å². The first-order chi connectivity index (χ1) is 13.7. The third kappa shape index (κ3) is 3.78. The number of nitro benzene ring substituents is 1. The van der Waals surface area contributed by atoms with Gasteiger partial charge in [0.15, 0.2) is 4.80 Å². The number of hydrogen-bond acceptors (Lipinski definition) is 4. The molecule has 4 rings (SSSR count). The van der Waals surface area contributed by atoms with Gasteiger partial charge in [-0.2, -0.15) is 0 Å². The molecule has 0 aliphatic heterocycles. The van der Waals surface area contributed by atoms with E-state index in [1.165, 1.54) is 24.5 Å². The molecule has 3 aromatic rings. The van der Waals surface area contributed by atoms with E-state index < -0.39 is 0 Å². The van der Waals surface area contributed by atoms with Crippen LogP contribution in [0.2, 0.25) is 0 Å². The minimum Gasteiger partial charge on any atom is -0.313 e. The highest BCUT2D eigenvalue weighted by atomic mass is 32.1. The molecule has 1 aromatic heterocycles. The van der Waals surface area contributed by atoms with Gasteiger partial charge < -0.3 is 4.57 Å². The Hall–Kier alpha value is -2.73. The summed E-state index contributed by atoms with van der Waals surface area (Å²) in [6.45, 7) is 2.14. The van der Waals surface area contributed by atoms with Gasteiger partial charge in [0.05, 0.1) is 16.3 Å². The van der Waals surface area contributed by atoms with E-state index >= 15 is 0 Å². The summed E-state index contributed by atoms with van der Waals surface area (Å²) < 4.78 is 2.30. The Morgan fingerprint density at radius 2 is 1.93 bits per heavy atom. The molecule has 0 radical (unpaired) electrons. The number of rotatable bonds is 5. The fraction of sp³-hybridized carbons (Fsp3) is 0.318. The number of hydrogen-bond donors (Lipinski definition) is 0. The van der Waals surface area contributed by atoms with Crippen LogP contribution in [0.15, 0.2) is 58.9 Å². The molecule has 1 fully saturated rings. The average Bonchev–Trinajstić information content (AvgIpc) is 3.38. The quantitative estimate of drug-likeness (QED) is 0.392. The smallest absolute Gasteiger partial charge is 0.270 e. The molecule has 5 nitrogen and oxygen atoms in total. The number of nitro groups is 1.